The summed E-state index contributed by atoms with van der Waals surface area (Å²) in [5.41, 5.74) is 0. The van der Waals surface area contributed by atoms with E-state index in [4.69, 9.17) is 21.1 Å². The zero-order valence-corrected chi connectivity index (χ0v) is 6.06. The first-order valence-corrected chi connectivity index (χ1v) is 3.31. The van der Waals surface area contributed by atoms with Crippen LogP contribution >= 0.6 is 11.6 Å². The Labute approximate surface area is 63.6 Å². The number of alkyl halides is 1. The van der Waals surface area contributed by atoms with Crippen LogP contribution in [0.1, 0.15) is 0 Å². The Kier molecular flexibility index (Phi) is 1.97. The third kappa shape index (κ3) is 1.49. The van der Waals surface area contributed by atoms with E-state index < -0.39 is 11.8 Å². The smallest absolute Gasteiger partial charge is 0.332 e. The SMILES string of the molecule is C=CC(=O)OC1(CCl)CO1. The predicted molar refractivity (Wildman–Crippen MR) is 35.7 cm³/mol. The van der Waals surface area contributed by atoms with Gasteiger partial charge in [0.2, 0.25) is 0 Å². The Morgan fingerprint density at radius 3 is 2.90 bits per heavy atom. The summed E-state index contributed by atoms with van der Waals surface area (Å²) < 4.78 is 9.53. The van der Waals surface area contributed by atoms with Gasteiger partial charge in [0.25, 0.3) is 5.79 Å². The second-order valence-electron chi connectivity index (χ2n) is 1.96. The number of rotatable bonds is 3. The molecule has 1 unspecified atom stereocenters. The van der Waals surface area contributed by atoms with Crippen molar-refractivity contribution in [2.75, 3.05) is 12.5 Å². The van der Waals surface area contributed by atoms with Crippen molar-refractivity contribution in [3.63, 3.8) is 0 Å². The van der Waals surface area contributed by atoms with E-state index in [0.29, 0.717) is 6.61 Å². The van der Waals surface area contributed by atoms with E-state index in [9.17, 15) is 4.79 Å². The third-order valence-corrected chi connectivity index (χ3v) is 1.53. The fourth-order valence-electron chi connectivity index (χ4n) is 0.469. The van der Waals surface area contributed by atoms with Crippen LogP contribution in [0.3, 0.4) is 0 Å². The molecule has 0 radical (unpaired) electrons. The number of esters is 1. The fourth-order valence-corrected chi connectivity index (χ4v) is 0.678. The van der Waals surface area contributed by atoms with Crippen LogP contribution in [0.5, 0.6) is 0 Å². The molecule has 4 heteroatoms. The number of ether oxygens (including phenoxy) is 2. The first-order valence-electron chi connectivity index (χ1n) is 2.78. The van der Waals surface area contributed by atoms with Gasteiger partial charge >= 0.3 is 5.97 Å². The zero-order chi connectivity index (χ0) is 7.61. The molecule has 0 aromatic carbocycles. The van der Waals surface area contributed by atoms with Crippen LogP contribution in [0.25, 0.3) is 0 Å². The summed E-state index contributed by atoms with van der Waals surface area (Å²) in [4.78, 5) is 10.5. The van der Waals surface area contributed by atoms with E-state index in [1.807, 2.05) is 0 Å². The van der Waals surface area contributed by atoms with Crippen LogP contribution in [0.15, 0.2) is 12.7 Å². The lowest BCUT2D eigenvalue weighted by Gasteiger charge is -2.06. The fraction of sp³-hybridized carbons (Fsp3) is 0.500. The van der Waals surface area contributed by atoms with Gasteiger partial charge in [0.05, 0.1) is 5.88 Å². The Hall–Kier alpha value is -0.540. The Morgan fingerprint density at radius 2 is 2.60 bits per heavy atom. The number of hydrogen-bond donors (Lipinski definition) is 0. The molecule has 1 aliphatic rings. The summed E-state index contributed by atoms with van der Waals surface area (Å²) >= 11 is 5.42. The zero-order valence-electron chi connectivity index (χ0n) is 5.30. The van der Waals surface area contributed by atoms with Crippen LogP contribution in [-0.2, 0) is 14.3 Å². The van der Waals surface area contributed by atoms with Gasteiger partial charge in [-0.1, -0.05) is 6.58 Å². The molecule has 1 rings (SSSR count). The second kappa shape index (κ2) is 2.60. The molecule has 1 fully saturated rings. The molecule has 0 bridgehead atoms. The van der Waals surface area contributed by atoms with Crippen LogP contribution in [-0.4, -0.2) is 24.2 Å². The van der Waals surface area contributed by atoms with E-state index in [1.165, 1.54) is 0 Å². The van der Waals surface area contributed by atoms with Crippen molar-refractivity contribution in [1.82, 2.24) is 0 Å². The summed E-state index contributed by atoms with van der Waals surface area (Å²) in [5, 5.41) is 0. The molecule has 56 valence electrons. The summed E-state index contributed by atoms with van der Waals surface area (Å²) in [5.74, 6) is -1.17. The molecule has 1 atom stereocenters. The number of halogens is 1. The van der Waals surface area contributed by atoms with Crippen molar-refractivity contribution in [2.24, 2.45) is 0 Å². The van der Waals surface area contributed by atoms with E-state index in [-0.39, 0.29) is 5.88 Å². The molecular formula is C6H7ClO3. The summed E-state index contributed by atoms with van der Waals surface area (Å²) in [6.07, 6.45) is 1.08. The normalized spacial score (nSPS) is 29.3. The molecule has 0 aromatic heterocycles. The molecule has 3 nitrogen and oxygen atoms in total. The lowest BCUT2D eigenvalue weighted by molar-refractivity contribution is -0.150. The Balaban J connectivity index is 2.37. The van der Waals surface area contributed by atoms with Crippen LogP contribution < -0.4 is 0 Å². The third-order valence-electron chi connectivity index (χ3n) is 1.12. The highest BCUT2D eigenvalue weighted by Gasteiger charge is 2.48. The Morgan fingerprint density at radius 1 is 2.00 bits per heavy atom. The molecular weight excluding hydrogens is 156 g/mol. The number of carbonyl (C=O) groups excluding carboxylic acids is 1. The molecule has 1 aliphatic heterocycles. The summed E-state index contributed by atoms with van der Waals surface area (Å²) in [6, 6.07) is 0. The van der Waals surface area contributed by atoms with Gasteiger partial charge in [0.15, 0.2) is 0 Å². The predicted octanol–water partition coefficient (Wildman–Crippen LogP) is 0.681. The average Bonchev–Trinajstić information content (AvgIpc) is 2.70. The van der Waals surface area contributed by atoms with Crippen molar-refractivity contribution in [3.8, 4) is 0 Å². The van der Waals surface area contributed by atoms with Gasteiger partial charge in [-0.2, -0.15) is 0 Å². The van der Waals surface area contributed by atoms with Gasteiger partial charge in [-0.3, -0.25) is 0 Å². The molecule has 0 aromatic rings. The van der Waals surface area contributed by atoms with Crippen LogP contribution in [0, 0.1) is 0 Å². The summed E-state index contributed by atoms with van der Waals surface area (Å²) in [7, 11) is 0. The highest BCUT2D eigenvalue weighted by Crippen LogP contribution is 2.29. The maximum absolute atomic E-state index is 10.5. The molecule has 0 amide bonds. The van der Waals surface area contributed by atoms with E-state index in [2.05, 4.69) is 6.58 Å². The first-order chi connectivity index (χ1) is 4.72. The summed E-state index contributed by atoms with van der Waals surface area (Å²) in [6.45, 7) is 3.62. The topological polar surface area (TPSA) is 38.8 Å². The largest absolute Gasteiger partial charge is 0.426 e. The van der Waals surface area contributed by atoms with Gasteiger partial charge in [-0.25, -0.2) is 4.79 Å². The lowest BCUT2D eigenvalue weighted by Crippen LogP contribution is -2.21. The highest BCUT2D eigenvalue weighted by atomic mass is 35.5. The minimum Gasteiger partial charge on any atom is -0.426 e. The first kappa shape index (κ1) is 7.57. The highest BCUT2D eigenvalue weighted by molar-refractivity contribution is 6.18. The standard InChI is InChI=1S/C6H7ClO3/c1-2-5(8)10-6(3-7)4-9-6/h2H,1,3-4H2. The van der Waals surface area contributed by atoms with Gasteiger partial charge < -0.3 is 9.47 Å². The van der Waals surface area contributed by atoms with Gasteiger partial charge in [0.1, 0.15) is 6.61 Å². The molecule has 1 saturated heterocycles. The maximum atomic E-state index is 10.5. The van der Waals surface area contributed by atoms with Crippen molar-refractivity contribution in [2.45, 2.75) is 5.79 Å². The van der Waals surface area contributed by atoms with Gasteiger partial charge in [0, 0.05) is 6.08 Å². The van der Waals surface area contributed by atoms with Gasteiger partial charge in [-0.05, 0) is 0 Å². The Bertz CT molecular complexity index is 162. The van der Waals surface area contributed by atoms with Crippen LogP contribution in [0.2, 0.25) is 0 Å². The second-order valence-corrected chi connectivity index (χ2v) is 2.23. The average molecular weight is 163 g/mol. The minimum atomic E-state index is -0.840. The minimum absolute atomic E-state index is 0.173. The maximum Gasteiger partial charge on any atom is 0.332 e. The molecule has 0 aliphatic carbocycles. The van der Waals surface area contributed by atoms with E-state index in [1.54, 1.807) is 0 Å². The molecule has 10 heavy (non-hydrogen) atoms. The lowest BCUT2D eigenvalue weighted by atomic mass is 10.4. The number of epoxide rings is 1. The quantitative estimate of drug-likeness (QED) is 0.265. The van der Waals surface area contributed by atoms with Crippen molar-refractivity contribution < 1.29 is 14.3 Å². The molecule has 0 N–H and O–H groups in total. The van der Waals surface area contributed by atoms with Crippen molar-refractivity contribution in [1.29, 1.82) is 0 Å². The van der Waals surface area contributed by atoms with Gasteiger partial charge in [-0.15, -0.1) is 11.6 Å². The number of carbonyl (C=O) groups is 1. The van der Waals surface area contributed by atoms with Crippen LogP contribution in [0.4, 0.5) is 0 Å². The number of hydrogen-bond acceptors (Lipinski definition) is 3. The van der Waals surface area contributed by atoms with E-state index in [0.717, 1.165) is 6.08 Å². The molecule has 0 spiro atoms. The molecule has 1 heterocycles. The molecule has 0 saturated carbocycles. The van der Waals surface area contributed by atoms with E-state index >= 15 is 0 Å². The van der Waals surface area contributed by atoms with Crippen molar-refractivity contribution >= 4 is 17.6 Å². The van der Waals surface area contributed by atoms with Crippen molar-refractivity contribution in [3.05, 3.63) is 12.7 Å². The monoisotopic (exact) mass is 162 g/mol.